The van der Waals surface area contributed by atoms with Crippen molar-refractivity contribution in [2.24, 2.45) is 7.05 Å². The lowest BCUT2D eigenvalue weighted by Crippen LogP contribution is -2.00. The van der Waals surface area contributed by atoms with E-state index in [0.29, 0.717) is 28.6 Å². The van der Waals surface area contributed by atoms with Crippen molar-refractivity contribution in [2.45, 2.75) is 6.92 Å². The zero-order chi connectivity index (χ0) is 23.1. The first kappa shape index (κ1) is 19.8. The number of aryl methyl sites for hydroxylation is 2. The summed E-state index contributed by atoms with van der Waals surface area (Å²) >= 11 is 0. The molecular formula is C24H18N8O2. The second kappa shape index (κ2) is 7.93. The van der Waals surface area contributed by atoms with Crippen LogP contribution in [0.25, 0.3) is 33.8 Å². The van der Waals surface area contributed by atoms with Gasteiger partial charge in [-0.15, -0.1) is 0 Å². The number of fused-ring (bicyclic) bond motifs is 2. The molecule has 1 N–H and O–H groups in total. The molecule has 4 aromatic heterocycles. The van der Waals surface area contributed by atoms with Crippen LogP contribution in [0.5, 0.6) is 11.5 Å². The molecule has 6 aromatic rings. The van der Waals surface area contributed by atoms with Crippen molar-refractivity contribution in [3.8, 4) is 23.2 Å². The average molecular weight is 450 g/mol. The highest BCUT2D eigenvalue weighted by Crippen LogP contribution is 2.31. The van der Waals surface area contributed by atoms with Crippen LogP contribution < -0.4 is 10.1 Å². The topological polar surface area (TPSA) is 117 Å². The molecule has 0 saturated carbocycles. The van der Waals surface area contributed by atoms with Crippen LogP contribution in [0.4, 0.5) is 11.5 Å². The second-order valence-corrected chi connectivity index (χ2v) is 7.70. The van der Waals surface area contributed by atoms with Gasteiger partial charge >= 0.3 is 0 Å². The number of hydrogen-bond donors (Lipinski definition) is 1. The molecule has 0 fully saturated rings. The number of anilines is 2. The van der Waals surface area contributed by atoms with Crippen LogP contribution in [0.2, 0.25) is 0 Å². The largest absolute Gasteiger partial charge is 0.457 e. The summed E-state index contributed by atoms with van der Waals surface area (Å²) in [5.74, 6) is 2.72. The molecule has 10 heteroatoms. The highest BCUT2D eigenvalue weighted by Gasteiger charge is 2.13. The van der Waals surface area contributed by atoms with Crippen LogP contribution in [-0.2, 0) is 7.05 Å². The fourth-order valence-corrected chi connectivity index (χ4v) is 3.67. The summed E-state index contributed by atoms with van der Waals surface area (Å²) < 4.78 is 13.4. The molecule has 0 radical (unpaired) electrons. The molecule has 0 aliphatic heterocycles. The summed E-state index contributed by atoms with van der Waals surface area (Å²) in [6.07, 6.45) is 7.90. The van der Waals surface area contributed by atoms with Crippen molar-refractivity contribution in [1.29, 1.82) is 0 Å². The van der Waals surface area contributed by atoms with E-state index in [9.17, 15) is 0 Å². The normalized spacial score (nSPS) is 11.2. The average Bonchev–Trinajstić information content (AvgIpc) is 3.51. The smallest absolute Gasteiger partial charge is 0.264 e. The summed E-state index contributed by atoms with van der Waals surface area (Å²) in [5, 5.41) is 3.32. The third kappa shape index (κ3) is 3.56. The van der Waals surface area contributed by atoms with Crippen LogP contribution in [0.15, 0.2) is 72.1 Å². The Bertz CT molecular complexity index is 1640. The lowest BCUT2D eigenvalue weighted by atomic mass is 10.2. The van der Waals surface area contributed by atoms with Crippen LogP contribution in [-0.4, -0.2) is 34.5 Å². The van der Waals surface area contributed by atoms with E-state index in [-0.39, 0.29) is 0 Å². The van der Waals surface area contributed by atoms with E-state index in [1.165, 1.54) is 12.6 Å². The SMILES string of the molecule is Cc1cc(Nc2ncnc3cnc(-c4ncco4)nc23)ccc1Oc1ccc2c(c1)ncn2C. The molecule has 6 rings (SSSR count). The van der Waals surface area contributed by atoms with E-state index in [2.05, 4.69) is 35.2 Å². The van der Waals surface area contributed by atoms with Gasteiger partial charge in [0.25, 0.3) is 5.89 Å². The summed E-state index contributed by atoms with van der Waals surface area (Å²) in [4.78, 5) is 26.0. The fraction of sp³-hybridized carbons (Fsp3) is 0.0833. The van der Waals surface area contributed by atoms with Gasteiger partial charge in [-0.2, -0.15) is 0 Å². The molecule has 10 nitrogen and oxygen atoms in total. The quantitative estimate of drug-likeness (QED) is 0.395. The Morgan fingerprint density at radius 2 is 1.91 bits per heavy atom. The minimum atomic E-state index is 0.331. The lowest BCUT2D eigenvalue weighted by molar-refractivity contribution is 0.479. The van der Waals surface area contributed by atoms with Gasteiger partial charge in [0.2, 0.25) is 5.82 Å². The molecule has 2 aromatic carbocycles. The number of oxazole rings is 1. The van der Waals surface area contributed by atoms with Crippen molar-refractivity contribution in [1.82, 2.24) is 34.5 Å². The van der Waals surface area contributed by atoms with Crippen molar-refractivity contribution in [3.63, 3.8) is 0 Å². The number of aromatic nitrogens is 7. The third-order valence-corrected chi connectivity index (χ3v) is 5.36. The van der Waals surface area contributed by atoms with Crippen molar-refractivity contribution in [3.05, 3.63) is 73.3 Å². The third-order valence-electron chi connectivity index (χ3n) is 5.36. The second-order valence-electron chi connectivity index (χ2n) is 7.70. The van der Waals surface area contributed by atoms with Gasteiger partial charge in [-0.25, -0.2) is 29.9 Å². The number of benzene rings is 2. The van der Waals surface area contributed by atoms with E-state index in [1.54, 1.807) is 18.7 Å². The highest BCUT2D eigenvalue weighted by atomic mass is 16.5. The number of hydrogen-bond acceptors (Lipinski definition) is 9. The molecule has 0 aliphatic carbocycles. The molecule has 166 valence electrons. The van der Waals surface area contributed by atoms with Crippen molar-refractivity contribution < 1.29 is 9.15 Å². The molecule has 0 amide bonds. The molecule has 4 heterocycles. The minimum Gasteiger partial charge on any atom is -0.457 e. The van der Waals surface area contributed by atoms with E-state index < -0.39 is 0 Å². The van der Waals surface area contributed by atoms with Crippen LogP contribution >= 0.6 is 0 Å². The number of nitrogens with one attached hydrogen (secondary N) is 1. The van der Waals surface area contributed by atoms with Gasteiger partial charge in [0, 0.05) is 18.8 Å². The first-order valence-electron chi connectivity index (χ1n) is 10.5. The maximum atomic E-state index is 6.12. The summed E-state index contributed by atoms with van der Waals surface area (Å²) in [7, 11) is 1.97. The Kier molecular flexibility index (Phi) is 4.61. The highest BCUT2D eigenvalue weighted by molar-refractivity contribution is 5.87. The van der Waals surface area contributed by atoms with Gasteiger partial charge in [-0.05, 0) is 42.8 Å². The van der Waals surface area contributed by atoms with Gasteiger partial charge in [0.1, 0.15) is 35.1 Å². The van der Waals surface area contributed by atoms with E-state index in [1.807, 2.05) is 54.9 Å². The molecule has 0 spiro atoms. The Labute approximate surface area is 193 Å². The predicted molar refractivity (Wildman–Crippen MR) is 126 cm³/mol. The van der Waals surface area contributed by atoms with Gasteiger partial charge < -0.3 is 19.0 Å². The van der Waals surface area contributed by atoms with Crippen molar-refractivity contribution in [2.75, 3.05) is 5.32 Å². The molecule has 0 bridgehead atoms. The van der Waals surface area contributed by atoms with Gasteiger partial charge in [0.05, 0.1) is 29.8 Å². The molecule has 34 heavy (non-hydrogen) atoms. The molecule has 0 unspecified atom stereocenters. The predicted octanol–water partition coefficient (Wildman–Crippen LogP) is 4.81. The standard InChI is InChI=1S/C24H18N8O2/c1-14-9-15(3-6-20(14)34-16-4-5-19-17(10-16)29-13-32(19)2)30-22-21-18(27-12-28-22)11-26-23(31-21)24-25-7-8-33-24/h3-13H,1-2H3,(H,27,28,30). The number of rotatable bonds is 5. The maximum absolute atomic E-state index is 6.12. The van der Waals surface area contributed by atoms with E-state index >= 15 is 0 Å². The lowest BCUT2D eigenvalue weighted by Gasteiger charge is -2.12. The van der Waals surface area contributed by atoms with Gasteiger partial charge in [-0.1, -0.05) is 0 Å². The summed E-state index contributed by atoms with van der Waals surface area (Å²) in [6, 6.07) is 11.7. The van der Waals surface area contributed by atoms with Crippen LogP contribution in [0.1, 0.15) is 5.56 Å². The van der Waals surface area contributed by atoms with E-state index in [0.717, 1.165) is 33.8 Å². The number of nitrogens with zero attached hydrogens (tertiary/aromatic N) is 7. The Morgan fingerprint density at radius 1 is 0.971 bits per heavy atom. The first-order chi connectivity index (χ1) is 16.6. The Balaban J connectivity index is 1.28. The Hall–Kier alpha value is -4.86. The van der Waals surface area contributed by atoms with Gasteiger partial charge in [-0.3, -0.25) is 0 Å². The summed E-state index contributed by atoms with van der Waals surface area (Å²) in [5.41, 5.74) is 4.90. The Morgan fingerprint density at radius 3 is 2.76 bits per heavy atom. The van der Waals surface area contributed by atoms with Crippen LogP contribution in [0, 0.1) is 6.92 Å². The van der Waals surface area contributed by atoms with Crippen molar-refractivity contribution >= 4 is 33.6 Å². The summed E-state index contributed by atoms with van der Waals surface area (Å²) in [6.45, 7) is 1.99. The van der Waals surface area contributed by atoms with E-state index in [4.69, 9.17) is 9.15 Å². The van der Waals surface area contributed by atoms with Gasteiger partial charge in [0.15, 0.2) is 5.82 Å². The number of imidazole rings is 1. The molecule has 0 saturated heterocycles. The molecule has 0 aliphatic rings. The monoisotopic (exact) mass is 450 g/mol. The zero-order valence-corrected chi connectivity index (χ0v) is 18.3. The molecule has 0 atom stereocenters. The zero-order valence-electron chi connectivity index (χ0n) is 18.3. The number of ether oxygens (including phenoxy) is 1. The maximum Gasteiger partial charge on any atom is 0.264 e. The fourth-order valence-electron chi connectivity index (χ4n) is 3.67. The molecular weight excluding hydrogens is 432 g/mol. The first-order valence-corrected chi connectivity index (χ1v) is 10.5. The van der Waals surface area contributed by atoms with Crippen LogP contribution in [0.3, 0.4) is 0 Å². The minimum absolute atomic E-state index is 0.331.